The van der Waals surface area contributed by atoms with E-state index in [0.717, 1.165) is 5.19 Å². The van der Waals surface area contributed by atoms with E-state index >= 15 is 0 Å². The number of methoxy groups -OCH3 is 1. The third-order valence-electron chi connectivity index (χ3n) is 4.04. The van der Waals surface area contributed by atoms with Crippen molar-refractivity contribution in [2.45, 2.75) is 18.0 Å². The molecule has 0 atom stereocenters. The number of sulfone groups is 1. The monoisotopic (exact) mass is 376 g/mol. The summed E-state index contributed by atoms with van der Waals surface area (Å²) in [7, 11) is -4.49. The average molecular weight is 377 g/mol. The van der Waals surface area contributed by atoms with E-state index in [1.54, 1.807) is 30.3 Å². The predicted octanol–water partition coefficient (Wildman–Crippen LogP) is 3.12. The highest BCUT2D eigenvalue weighted by Gasteiger charge is 2.37. The quantitative estimate of drug-likeness (QED) is 0.403. The van der Waals surface area contributed by atoms with Crippen LogP contribution in [0.3, 0.4) is 0 Å². The standard InChI is InChI=1S/C19H24O4SSi/c1-22-16-23-15-14-19(24(20,21)17-10-6-4-7-11-17)25(2,3)18-12-8-5-9-13-18/h4-14H,15-16H2,1-3H3/b19-14+. The second-order valence-electron chi connectivity index (χ2n) is 6.15. The second kappa shape index (κ2) is 8.58. The Bertz CT molecular complexity index is 800. The van der Waals surface area contributed by atoms with Crippen molar-refractivity contribution in [3.63, 3.8) is 0 Å². The Kier molecular flexibility index (Phi) is 6.72. The summed E-state index contributed by atoms with van der Waals surface area (Å²) in [4.78, 5) is 0.310. The smallest absolute Gasteiger partial charge is 0.199 e. The molecule has 0 heterocycles. The molecule has 2 aromatic rings. The lowest BCUT2D eigenvalue weighted by Gasteiger charge is -2.26. The number of benzene rings is 2. The maximum absolute atomic E-state index is 13.3. The first-order valence-electron chi connectivity index (χ1n) is 8.03. The van der Waals surface area contributed by atoms with Crippen LogP contribution in [0.15, 0.2) is 76.2 Å². The summed E-state index contributed by atoms with van der Waals surface area (Å²) in [6.07, 6.45) is 1.70. The van der Waals surface area contributed by atoms with Crippen molar-refractivity contribution in [3.05, 3.63) is 71.3 Å². The van der Waals surface area contributed by atoms with Crippen LogP contribution in [0.2, 0.25) is 13.1 Å². The highest BCUT2D eigenvalue weighted by molar-refractivity contribution is 7.98. The van der Waals surface area contributed by atoms with Crippen molar-refractivity contribution in [1.29, 1.82) is 0 Å². The third kappa shape index (κ3) is 4.67. The van der Waals surface area contributed by atoms with Crippen LogP contribution in [-0.2, 0) is 19.3 Å². The fourth-order valence-corrected chi connectivity index (χ4v) is 9.05. The van der Waals surface area contributed by atoms with Gasteiger partial charge in [0.1, 0.15) is 14.9 Å². The van der Waals surface area contributed by atoms with Crippen LogP contribution in [0.25, 0.3) is 0 Å². The second-order valence-corrected chi connectivity index (χ2v) is 12.8. The highest BCUT2D eigenvalue weighted by atomic mass is 32.2. The molecule has 2 aromatic carbocycles. The summed E-state index contributed by atoms with van der Waals surface area (Å²) in [5.41, 5.74) is 0. The Morgan fingerprint density at radius 2 is 1.56 bits per heavy atom. The molecule has 4 nitrogen and oxygen atoms in total. The zero-order valence-electron chi connectivity index (χ0n) is 14.8. The molecular formula is C19H24O4SSi. The number of ether oxygens (including phenoxy) is 2. The molecule has 0 fully saturated rings. The van der Waals surface area contributed by atoms with Crippen LogP contribution in [0.1, 0.15) is 0 Å². The summed E-state index contributed by atoms with van der Waals surface area (Å²) in [6.45, 7) is 4.41. The molecule has 25 heavy (non-hydrogen) atoms. The zero-order chi connectivity index (χ0) is 18.3. The van der Waals surface area contributed by atoms with Gasteiger partial charge >= 0.3 is 0 Å². The Labute approximate surface area is 151 Å². The van der Waals surface area contributed by atoms with Crippen LogP contribution in [-0.4, -0.2) is 37.0 Å². The van der Waals surface area contributed by atoms with Gasteiger partial charge in [-0.25, -0.2) is 8.42 Å². The molecule has 2 rings (SSSR count). The normalized spacial score (nSPS) is 13.0. The Hall–Kier alpha value is -1.73. The van der Waals surface area contributed by atoms with Crippen molar-refractivity contribution in [2.24, 2.45) is 0 Å². The van der Waals surface area contributed by atoms with Crippen molar-refractivity contribution < 1.29 is 17.9 Å². The maximum atomic E-state index is 13.3. The average Bonchev–Trinajstić information content (AvgIpc) is 2.62. The minimum atomic E-state index is -3.59. The first kappa shape index (κ1) is 19.6. The van der Waals surface area contributed by atoms with E-state index in [0.29, 0.717) is 9.42 Å². The lowest BCUT2D eigenvalue weighted by molar-refractivity contribution is -0.0186. The van der Waals surface area contributed by atoms with Crippen LogP contribution in [0, 0.1) is 0 Å². The van der Waals surface area contributed by atoms with Gasteiger partial charge in [0, 0.05) is 11.6 Å². The molecule has 0 amide bonds. The minimum absolute atomic E-state index is 0.127. The SMILES string of the molecule is COCOC/C=C(/[Si](C)(C)c1ccccc1)S(=O)(=O)c1ccccc1. The first-order valence-corrected chi connectivity index (χ1v) is 12.5. The van der Waals surface area contributed by atoms with E-state index in [9.17, 15) is 8.42 Å². The lowest BCUT2D eigenvalue weighted by atomic mass is 10.4. The van der Waals surface area contributed by atoms with Crippen molar-refractivity contribution >= 4 is 23.1 Å². The van der Waals surface area contributed by atoms with Crippen LogP contribution < -0.4 is 5.19 Å². The minimum Gasteiger partial charge on any atom is -0.359 e. The molecule has 0 aliphatic rings. The zero-order valence-corrected chi connectivity index (χ0v) is 16.6. The molecule has 0 N–H and O–H groups in total. The van der Waals surface area contributed by atoms with E-state index in [2.05, 4.69) is 0 Å². The molecule has 134 valence electrons. The number of rotatable bonds is 8. The van der Waals surface area contributed by atoms with Gasteiger partial charge in [0.15, 0.2) is 9.84 Å². The number of hydrogen-bond donors (Lipinski definition) is 0. The molecule has 0 saturated heterocycles. The van der Waals surface area contributed by atoms with E-state index in [1.807, 2.05) is 49.5 Å². The lowest BCUT2D eigenvalue weighted by Crippen LogP contribution is -2.46. The summed E-state index contributed by atoms with van der Waals surface area (Å²) in [5.74, 6) is 0. The molecule has 0 spiro atoms. The first-order chi connectivity index (χ1) is 11.9. The molecule has 6 heteroatoms. The maximum Gasteiger partial charge on any atom is 0.199 e. The fraction of sp³-hybridized carbons (Fsp3) is 0.263. The number of hydrogen-bond acceptors (Lipinski definition) is 4. The van der Waals surface area contributed by atoms with Gasteiger partial charge in [-0.2, -0.15) is 0 Å². The molecular weight excluding hydrogens is 352 g/mol. The van der Waals surface area contributed by atoms with E-state index in [4.69, 9.17) is 9.47 Å². The van der Waals surface area contributed by atoms with Crippen molar-refractivity contribution in [2.75, 3.05) is 20.5 Å². The van der Waals surface area contributed by atoms with Crippen LogP contribution in [0.4, 0.5) is 0 Å². The molecule has 0 aliphatic heterocycles. The highest BCUT2D eigenvalue weighted by Crippen LogP contribution is 2.27. The Morgan fingerprint density at radius 3 is 2.12 bits per heavy atom. The van der Waals surface area contributed by atoms with Gasteiger partial charge in [-0.15, -0.1) is 0 Å². The van der Waals surface area contributed by atoms with Gasteiger partial charge in [-0.1, -0.05) is 66.8 Å². The summed E-state index contributed by atoms with van der Waals surface area (Å²) >= 11 is 0. The predicted molar refractivity (Wildman–Crippen MR) is 103 cm³/mol. The van der Waals surface area contributed by atoms with Gasteiger partial charge in [-0.3, -0.25) is 0 Å². The van der Waals surface area contributed by atoms with Crippen LogP contribution in [0.5, 0.6) is 0 Å². The summed E-state index contributed by atoms with van der Waals surface area (Å²) in [5, 5.41) is 1.06. The van der Waals surface area contributed by atoms with Gasteiger partial charge in [0.25, 0.3) is 0 Å². The molecule has 0 saturated carbocycles. The van der Waals surface area contributed by atoms with Crippen LogP contribution >= 0.6 is 0 Å². The van der Waals surface area contributed by atoms with E-state index < -0.39 is 17.9 Å². The molecule has 0 unspecified atom stereocenters. The van der Waals surface area contributed by atoms with E-state index in [-0.39, 0.29) is 13.4 Å². The molecule has 0 aliphatic carbocycles. The Balaban J connectivity index is 2.50. The summed E-state index contributed by atoms with van der Waals surface area (Å²) < 4.78 is 37.3. The summed E-state index contributed by atoms with van der Waals surface area (Å²) in [6, 6.07) is 18.4. The van der Waals surface area contributed by atoms with E-state index in [1.165, 1.54) is 7.11 Å². The van der Waals surface area contributed by atoms with Gasteiger partial charge < -0.3 is 9.47 Å². The third-order valence-corrected chi connectivity index (χ3v) is 11.2. The Morgan fingerprint density at radius 1 is 1.00 bits per heavy atom. The largest absolute Gasteiger partial charge is 0.359 e. The molecule has 0 bridgehead atoms. The van der Waals surface area contributed by atoms with Gasteiger partial charge in [0.2, 0.25) is 0 Å². The topological polar surface area (TPSA) is 52.6 Å². The molecule has 0 radical (unpaired) electrons. The van der Waals surface area contributed by atoms with Crippen molar-refractivity contribution in [3.8, 4) is 0 Å². The van der Waals surface area contributed by atoms with Crippen molar-refractivity contribution in [1.82, 2.24) is 0 Å². The molecule has 0 aromatic heterocycles. The van der Waals surface area contributed by atoms with Gasteiger partial charge in [-0.05, 0) is 18.2 Å². The van der Waals surface area contributed by atoms with Gasteiger partial charge in [0.05, 0.1) is 11.5 Å². The fourth-order valence-electron chi connectivity index (χ4n) is 2.69.